The third-order valence-electron chi connectivity index (χ3n) is 6.34. The van der Waals surface area contributed by atoms with Crippen molar-refractivity contribution >= 4 is 11.8 Å². The van der Waals surface area contributed by atoms with E-state index in [1.165, 1.54) is 0 Å². The van der Waals surface area contributed by atoms with Crippen LogP contribution in [0.3, 0.4) is 0 Å². The zero-order chi connectivity index (χ0) is 25.0. The van der Waals surface area contributed by atoms with Crippen molar-refractivity contribution < 1.29 is 24.5 Å². The van der Waals surface area contributed by atoms with Crippen LogP contribution in [0.5, 0.6) is 5.75 Å². The van der Waals surface area contributed by atoms with E-state index < -0.39 is 12.0 Å². The first-order chi connectivity index (χ1) is 17.0. The maximum atomic E-state index is 13.0. The minimum absolute atomic E-state index is 0.0161. The van der Waals surface area contributed by atoms with Gasteiger partial charge in [-0.3, -0.25) is 9.59 Å². The van der Waals surface area contributed by atoms with Crippen LogP contribution >= 0.6 is 0 Å². The number of allylic oxidation sites excluding steroid dienone is 1. The number of likely N-dealkylation sites (tertiary alicyclic amines) is 1. The molecule has 2 aromatic rings. The van der Waals surface area contributed by atoms with E-state index in [0.29, 0.717) is 26.0 Å². The first-order valence-corrected chi connectivity index (χ1v) is 12.2. The first kappa shape index (κ1) is 26.4. The molecule has 1 aliphatic rings. The summed E-state index contributed by atoms with van der Waals surface area (Å²) < 4.78 is 5.81. The van der Waals surface area contributed by atoms with Crippen LogP contribution in [0.2, 0.25) is 0 Å². The van der Waals surface area contributed by atoms with Crippen LogP contribution in [0.25, 0.3) is 0 Å². The van der Waals surface area contributed by atoms with Gasteiger partial charge in [0.15, 0.2) is 0 Å². The van der Waals surface area contributed by atoms with Gasteiger partial charge in [-0.25, -0.2) is 0 Å². The number of aliphatic hydroxyl groups is 2. The number of hydrogen-bond acceptors (Lipinski definition) is 5. The van der Waals surface area contributed by atoms with Gasteiger partial charge < -0.3 is 25.2 Å². The second kappa shape index (κ2) is 13.7. The predicted octanol–water partition coefficient (Wildman–Crippen LogP) is 2.85. The fourth-order valence-electron chi connectivity index (χ4n) is 4.44. The molecule has 0 aromatic heterocycles. The minimum atomic E-state index is -0.528. The highest BCUT2D eigenvalue weighted by atomic mass is 16.5. The number of nitrogens with zero attached hydrogens (tertiary/aromatic N) is 1. The molecule has 35 heavy (non-hydrogen) atoms. The van der Waals surface area contributed by atoms with Crippen LogP contribution in [-0.2, 0) is 22.6 Å². The number of aliphatic hydroxyl groups excluding tert-OH is 2. The fourth-order valence-corrected chi connectivity index (χ4v) is 4.44. The summed E-state index contributed by atoms with van der Waals surface area (Å²) in [7, 11) is 0. The van der Waals surface area contributed by atoms with E-state index in [4.69, 9.17) is 4.74 Å². The average molecular weight is 481 g/mol. The van der Waals surface area contributed by atoms with Crippen molar-refractivity contribution in [2.24, 2.45) is 5.92 Å². The lowest BCUT2D eigenvalue weighted by atomic mass is 9.98. The monoisotopic (exact) mass is 480 g/mol. The molecule has 0 radical (unpaired) electrons. The van der Waals surface area contributed by atoms with Gasteiger partial charge in [0, 0.05) is 13.0 Å². The molecule has 0 spiro atoms. The van der Waals surface area contributed by atoms with Gasteiger partial charge in [-0.2, -0.15) is 0 Å². The highest BCUT2D eigenvalue weighted by Gasteiger charge is 2.33. The van der Waals surface area contributed by atoms with Crippen LogP contribution in [0.15, 0.2) is 67.3 Å². The van der Waals surface area contributed by atoms with E-state index in [1.807, 2.05) is 54.6 Å². The van der Waals surface area contributed by atoms with Crippen LogP contribution in [0.1, 0.15) is 36.8 Å². The zero-order valence-electron chi connectivity index (χ0n) is 20.1. The summed E-state index contributed by atoms with van der Waals surface area (Å²) in [6, 6.07) is 16.9. The molecule has 3 atom stereocenters. The maximum absolute atomic E-state index is 13.0. The van der Waals surface area contributed by atoms with E-state index in [9.17, 15) is 19.8 Å². The van der Waals surface area contributed by atoms with Crippen molar-refractivity contribution in [1.29, 1.82) is 0 Å². The third-order valence-corrected chi connectivity index (χ3v) is 6.34. The summed E-state index contributed by atoms with van der Waals surface area (Å²) in [4.78, 5) is 27.4. The Morgan fingerprint density at radius 3 is 2.51 bits per heavy atom. The van der Waals surface area contributed by atoms with E-state index in [0.717, 1.165) is 29.7 Å². The number of ether oxygens (including phenoxy) is 1. The Morgan fingerprint density at radius 2 is 1.86 bits per heavy atom. The number of nitrogens with one attached hydrogen (secondary N) is 1. The van der Waals surface area contributed by atoms with Crippen LogP contribution in [0, 0.1) is 5.92 Å². The summed E-state index contributed by atoms with van der Waals surface area (Å²) >= 11 is 0. The normalized spacial score (nSPS) is 17.0. The highest BCUT2D eigenvalue weighted by Crippen LogP contribution is 2.23. The topological polar surface area (TPSA) is 99.1 Å². The number of carbonyl (C=O) groups is 2. The molecule has 7 nitrogen and oxygen atoms in total. The molecule has 0 unspecified atom stereocenters. The van der Waals surface area contributed by atoms with E-state index in [1.54, 1.807) is 11.0 Å². The molecule has 0 bridgehead atoms. The van der Waals surface area contributed by atoms with Gasteiger partial charge in [0.1, 0.15) is 12.4 Å². The Bertz CT molecular complexity index is 948. The van der Waals surface area contributed by atoms with E-state index >= 15 is 0 Å². The molecule has 3 N–H and O–H groups in total. The molecule has 7 heteroatoms. The largest absolute Gasteiger partial charge is 0.489 e. The van der Waals surface area contributed by atoms with Crippen LogP contribution in [0.4, 0.5) is 0 Å². The second-order valence-electron chi connectivity index (χ2n) is 9.01. The summed E-state index contributed by atoms with van der Waals surface area (Å²) in [5.41, 5.74) is 2.04. The van der Waals surface area contributed by atoms with Gasteiger partial charge in [-0.1, -0.05) is 48.5 Å². The number of rotatable bonds is 13. The van der Waals surface area contributed by atoms with Gasteiger partial charge in [0.05, 0.1) is 31.2 Å². The van der Waals surface area contributed by atoms with Crippen LogP contribution < -0.4 is 10.1 Å². The van der Waals surface area contributed by atoms with Crippen molar-refractivity contribution in [2.45, 2.75) is 50.8 Å². The quantitative estimate of drug-likeness (QED) is 0.383. The Morgan fingerprint density at radius 1 is 1.11 bits per heavy atom. The molecule has 1 fully saturated rings. The first-order valence-electron chi connectivity index (χ1n) is 12.2. The highest BCUT2D eigenvalue weighted by molar-refractivity contribution is 5.86. The Kier molecular flexibility index (Phi) is 10.3. The lowest BCUT2D eigenvalue weighted by molar-refractivity contribution is -0.139. The fraction of sp³-hybridized carbons (Fsp3) is 0.429. The second-order valence-corrected chi connectivity index (χ2v) is 9.01. The molecule has 2 amide bonds. The van der Waals surface area contributed by atoms with Gasteiger partial charge in [0.2, 0.25) is 11.8 Å². The smallest absolute Gasteiger partial charge is 0.226 e. The molecule has 0 aliphatic carbocycles. The summed E-state index contributed by atoms with van der Waals surface area (Å²) in [5, 5.41) is 22.2. The standard InChI is InChI=1S/C28H36N2O5/c1-2-7-23(28(34)30-15-6-10-25(30)19-32)17-27(33)29-24(18-31)16-21-11-13-26(14-12-21)35-20-22-8-4-3-5-9-22/h2-5,8-9,11-14,23-25,31-32H,1,6-7,10,15-20H2,(H,29,33)/t23-,24-,25-/m0/s1. The molecule has 2 aromatic carbocycles. The van der Waals surface area contributed by atoms with E-state index in [-0.39, 0.29) is 37.5 Å². The van der Waals surface area contributed by atoms with Gasteiger partial charge in [-0.05, 0) is 48.9 Å². The summed E-state index contributed by atoms with van der Waals surface area (Å²) in [6.45, 7) is 4.53. The molecule has 1 aliphatic heterocycles. The molecular formula is C28H36N2O5. The molecule has 0 saturated carbocycles. The van der Waals surface area contributed by atoms with Gasteiger partial charge in [0.25, 0.3) is 0 Å². The van der Waals surface area contributed by atoms with Crippen molar-refractivity contribution in [3.8, 4) is 5.75 Å². The minimum Gasteiger partial charge on any atom is -0.489 e. The third kappa shape index (κ3) is 7.94. The zero-order valence-corrected chi connectivity index (χ0v) is 20.1. The number of hydrogen-bond donors (Lipinski definition) is 3. The summed E-state index contributed by atoms with van der Waals surface area (Å²) in [6.07, 6.45) is 4.13. The lowest BCUT2D eigenvalue weighted by Gasteiger charge is -2.27. The van der Waals surface area contributed by atoms with Crippen molar-refractivity contribution in [1.82, 2.24) is 10.2 Å². The molecular weight excluding hydrogens is 444 g/mol. The number of benzene rings is 2. The predicted molar refractivity (Wildman–Crippen MR) is 135 cm³/mol. The van der Waals surface area contributed by atoms with Crippen molar-refractivity contribution in [3.63, 3.8) is 0 Å². The average Bonchev–Trinajstić information content (AvgIpc) is 3.37. The van der Waals surface area contributed by atoms with Gasteiger partial charge in [-0.15, -0.1) is 6.58 Å². The lowest BCUT2D eigenvalue weighted by Crippen LogP contribution is -2.44. The Hall–Kier alpha value is -3.16. The van der Waals surface area contributed by atoms with Gasteiger partial charge >= 0.3 is 0 Å². The van der Waals surface area contributed by atoms with Crippen molar-refractivity contribution in [2.75, 3.05) is 19.8 Å². The molecule has 1 heterocycles. The maximum Gasteiger partial charge on any atom is 0.226 e. The Labute approximate surface area is 207 Å². The molecule has 188 valence electrons. The SMILES string of the molecule is C=CC[C@@H](CC(=O)N[C@H](CO)Cc1ccc(OCc2ccccc2)cc1)C(=O)N1CCC[C@H]1CO. The summed E-state index contributed by atoms with van der Waals surface area (Å²) in [5.74, 6) is -0.189. The molecule has 1 saturated heterocycles. The molecule has 3 rings (SSSR count). The number of amides is 2. The number of carbonyl (C=O) groups excluding carboxylic acids is 2. The van der Waals surface area contributed by atoms with Crippen LogP contribution in [-0.4, -0.2) is 58.8 Å². The van der Waals surface area contributed by atoms with E-state index in [2.05, 4.69) is 11.9 Å². The Balaban J connectivity index is 1.51. The van der Waals surface area contributed by atoms with Crippen molar-refractivity contribution in [3.05, 3.63) is 78.4 Å².